The van der Waals surface area contributed by atoms with Crippen molar-refractivity contribution >= 4 is 38.9 Å². The van der Waals surface area contributed by atoms with E-state index in [9.17, 15) is 4.79 Å². The average molecular weight is 312 g/mol. The van der Waals surface area contributed by atoms with Gasteiger partial charge in [-0.3, -0.25) is 0 Å². The van der Waals surface area contributed by atoms with E-state index < -0.39 is 5.97 Å². The average Bonchev–Trinajstić information content (AvgIpc) is 2.73. The summed E-state index contributed by atoms with van der Waals surface area (Å²) >= 11 is 5.03. The van der Waals surface area contributed by atoms with Gasteiger partial charge in [-0.25, -0.2) is 4.79 Å². The Hall–Kier alpha value is -1.33. The van der Waals surface area contributed by atoms with Crippen LogP contribution in [0.5, 0.6) is 0 Å². The second kappa shape index (κ2) is 5.33. The molecule has 2 rings (SSSR count). The molecule has 5 heteroatoms. The monoisotopic (exact) mass is 311 g/mol. The van der Waals surface area contributed by atoms with Crippen molar-refractivity contribution in [2.24, 2.45) is 0 Å². The molecule has 0 saturated carbocycles. The summed E-state index contributed by atoms with van der Waals surface area (Å²) in [7, 11) is 0. The summed E-state index contributed by atoms with van der Waals surface area (Å²) in [6.07, 6.45) is 0. The summed E-state index contributed by atoms with van der Waals surface area (Å²) in [5.41, 5.74) is 2.27. The van der Waals surface area contributed by atoms with Crippen LogP contribution in [-0.2, 0) is 6.54 Å². The van der Waals surface area contributed by atoms with Crippen molar-refractivity contribution in [1.29, 1.82) is 0 Å². The Morgan fingerprint density at radius 2 is 2.24 bits per heavy atom. The molecule has 0 bridgehead atoms. The fraction of sp³-hybridized carbons (Fsp3) is 0.0833. The van der Waals surface area contributed by atoms with Crippen molar-refractivity contribution in [1.82, 2.24) is 0 Å². The standard InChI is InChI=1S/C12H10BrNO2S/c13-11-4-8(7-17-11)6-14-10-3-1-2-9(5-10)12(15)16/h1-5,7,14H,6H2,(H,15,16). The van der Waals surface area contributed by atoms with Crippen LogP contribution in [0.15, 0.2) is 39.5 Å². The van der Waals surface area contributed by atoms with E-state index in [1.54, 1.807) is 29.5 Å². The molecule has 0 aliphatic rings. The number of rotatable bonds is 4. The molecule has 1 heterocycles. The molecule has 2 N–H and O–H groups in total. The second-order valence-electron chi connectivity index (χ2n) is 3.50. The minimum atomic E-state index is -0.910. The fourth-order valence-electron chi connectivity index (χ4n) is 1.40. The molecule has 0 aliphatic carbocycles. The van der Waals surface area contributed by atoms with E-state index in [0.717, 1.165) is 9.47 Å². The van der Waals surface area contributed by atoms with Crippen LogP contribution in [0.25, 0.3) is 0 Å². The first-order chi connectivity index (χ1) is 8.15. The van der Waals surface area contributed by atoms with Crippen molar-refractivity contribution < 1.29 is 9.90 Å². The number of carboxylic acid groups (broad SMARTS) is 1. The quantitative estimate of drug-likeness (QED) is 0.902. The molecule has 0 fully saturated rings. The Balaban J connectivity index is 2.04. The molecule has 0 radical (unpaired) electrons. The zero-order valence-corrected chi connectivity index (χ0v) is 11.2. The predicted molar refractivity (Wildman–Crippen MR) is 72.7 cm³/mol. The van der Waals surface area contributed by atoms with Crippen LogP contribution >= 0.6 is 27.3 Å². The first-order valence-electron chi connectivity index (χ1n) is 4.95. The third-order valence-corrected chi connectivity index (χ3v) is 3.78. The first-order valence-corrected chi connectivity index (χ1v) is 6.62. The van der Waals surface area contributed by atoms with E-state index >= 15 is 0 Å². The van der Waals surface area contributed by atoms with Crippen LogP contribution in [0, 0.1) is 0 Å². The maximum atomic E-state index is 10.8. The summed E-state index contributed by atoms with van der Waals surface area (Å²) in [5, 5.41) is 14.1. The van der Waals surface area contributed by atoms with Gasteiger partial charge in [-0.15, -0.1) is 11.3 Å². The van der Waals surface area contributed by atoms with Crippen LogP contribution in [0.1, 0.15) is 15.9 Å². The number of thiophene rings is 1. The summed E-state index contributed by atoms with van der Waals surface area (Å²) in [6, 6.07) is 8.83. The van der Waals surface area contributed by atoms with Gasteiger partial charge in [0.05, 0.1) is 9.35 Å². The summed E-state index contributed by atoms with van der Waals surface area (Å²) in [4.78, 5) is 10.8. The van der Waals surface area contributed by atoms with Crippen LogP contribution in [0.3, 0.4) is 0 Å². The van der Waals surface area contributed by atoms with Crippen LogP contribution in [0.2, 0.25) is 0 Å². The number of hydrogen-bond acceptors (Lipinski definition) is 3. The Morgan fingerprint density at radius 3 is 2.88 bits per heavy atom. The molecule has 1 aromatic carbocycles. The molecule has 0 spiro atoms. The molecule has 0 atom stereocenters. The molecular formula is C12H10BrNO2S. The normalized spacial score (nSPS) is 10.2. The van der Waals surface area contributed by atoms with Gasteiger partial charge in [-0.2, -0.15) is 0 Å². The van der Waals surface area contributed by atoms with Gasteiger partial charge in [0, 0.05) is 12.2 Å². The molecule has 0 saturated heterocycles. The van der Waals surface area contributed by atoms with Gasteiger partial charge in [0.15, 0.2) is 0 Å². The van der Waals surface area contributed by atoms with Crippen molar-refractivity contribution in [3.05, 3.63) is 50.6 Å². The highest BCUT2D eigenvalue weighted by molar-refractivity contribution is 9.11. The number of halogens is 1. The topological polar surface area (TPSA) is 49.3 Å². The molecule has 0 unspecified atom stereocenters. The van der Waals surface area contributed by atoms with Gasteiger partial charge in [0.1, 0.15) is 0 Å². The Kier molecular flexibility index (Phi) is 3.81. The van der Waals surface area contributed by atoms with E-state index in [4.69, 9.17) is 5.11 Å². The summed E-state index contributed by atoms with van der Waals surface area (Å²) < 4.78 is 1.09. The predicted octanol–water partition coefficient (Wildman–Crippen LogP) is 3.82. The van der Waals surface area contributed by atoms with Gasteiger partial charge in [-0.1, -0.05) is 6.07 Å². The van der Waals surface area contributed by atoms with Crippen molar-refractivity contribution in [2.45, 2.75) is 6.54 Å². The van der Waals surface area contributed by atoms with Gasteiger partial charge >= 0.3 is 5.97 Å². The Morgan fingerprint density at radius 1 is 1.41 bits per heavy atom. The Bertz CT molecular complexity index is 539. The van der Waals surface area contributed by atoms with Gasteiger partial charge in [0.25, 0.3) is 0 Å². The van der Waals surface area contributed by atoms with Crippen molar-refractivity contribution in [3.8, 4) is 0 Å². The molecule has 2 aromatic rings. The fourth-order valence-corrected chi connectivity index (χ4v) is 2.61. The molecule has 0 aliphatic heterocycles. The highest BCUT2D eigenvalue weighted by Crippen LogP contribution is 2.21. The maximum absolute atomic E-state index is 10.8. The lowest BCUT2D eigenvalue weighted by molar-refractivity contribution is 0.0697. The maximum Gasteiger partial charge on any atom is 0.335 e. The number of carboxylic acids is 1. The number of aromatic carboxylic acids is 1. The lowest BCUT2D eigenvalue weighted by Gasteiger charge is -2.05. The lowest BCUT2D eigenvalue weighted by Crippen LogP contribution is -2.01. The minimum Gasteiger partial charge on any atom is -0.478 e. The molecule has 0 amide bonds. The molecular weight excluding hydrogens is 302 g/mol. The highest BCUT2D eigenvalue weighted by Gasteiger charge is 2.03. The van der Waals surface area contributed by atoms with Crippen LogP contribution < -0.4 is 5.32 Å². The van der Waals surface area contributed by atoms with Crippen molar-refractivity contribution in [3.63, 3.8) is 0 Å². The largest absolute Gasteiger partial charge is 0.478 e. The molecule has 17 heavy (non-hydrogen) atoms. The zero-order chi connectivity index (χ0) is 12.3. The number of hydrogen-bond donors (Lipinski definition) is 2. The van der Waals surface area contributed by atoms with E-state index in [2.05, 4.69) is 26.6 Å². The van der Waals surface area contributed by atoms with E-state index in [-0.39, 0.29) is 0 Å². The SMILES string of the molecule is O=C(O)c1cccc(NCc2csc(Br)c2)c1. The molecule has 3 nitrogen and oxygen atoms in total. The second-order valence-corrected chi connectivity index (χ2v) is 5.79. The Labute approximate surface area is 111 Å². The highest BCUT2D eigenvalue weighted by atomic mass is 79.9. The van der Waals surface area contributed by atoms with Crippen LogP contribution in [-0.4, -0.2) is 11.1 Å². The number of carbonyl (C=O) groups is 1. The summed E-state index contributed by atoms with van der Waals surface area (Å²) in [5.74, 6) is -0.910. The van der Waals surface area contributed by atoms with Gasteiger partial charge in [-0.05, 0) is 51.1 Å². The zero-order valence-electron chi connectivity index (χ0n) is 8.81. The number of nitrogens with one attached hydrogen (secondary N) is 1. The van der Waals surface area contributed by atoms with E-state index in [1.807, 2.05) is 12.1 Å². The van der Waals surface area contributed by atoms with E-state index in [1.165, 1.54) is 5.56 Å². The third kappa shape index (κ3) is 3.31. The minimum absolute atomic E-state index is 0.293. The number of anilines is 1. The summed E-state index contributed by atoms with van der Waals surface area (Å²) in [6.45, 7) is 0.686. The lowest BCUT2D eigenvalue weighted by atomic mass is 10.2. The first kappa shape index (κ1) is 12.1. The third-order valence-electron chi connectivity index (χ3n) is 2.23. The van der Waals surface area contributed by atoms with E-state index in [0.29, 0.717) is 12.1 Å². The number of benzene rings is 1. The smallest absolute Gasteiger partial charge is 0.335 e. The van der Waals surface area contributed by atoms with Gasteiger partial charge < -0.3 is 10.4 Å². The van der Waals surface area contributed by atoms with Crippen molar-refractivity contribution in [2.75, 3.05) is 5.32 Å². The van der Waals surface area contributed by atoms with Gasteiger partial charge in [0.2, 0.25) is 0 Å². The molecule has 88 valence electrons. The van der Waals surface area contributed by atoms with Crippen LogP contribution in [0.4, 0.5) is 5.69 Å². The molecule has 1 aromatic heterocycles.